The smallest absolute Gasteiger partial charge is 0.0957 e. The first-order chi connectivity index (χ1) is 6.16. The third-order valence-electron chi connectivity index (χ3n) is 2.22. The van der Waals surface area contributed by atoms with Crippen LogP contribution in [0.15, 0.2) is 0 Å². The first-order valence-corrected chi connectivity index (χ1v) is 5.80. The van der Waals surface area contributed by atoms with E-state index >= 15 is 0 Å². The van der Waals surface area contributed by atoms with Gasteiger partial charge in [-0.1, -0.05) is 26.7 Å². The van der Waals surface area contributed by atoms with Crippen LogP contribution in [0.2, 0.25) is 0 Å². The molecule has 0 N–H and O–H groups in total. The van der Waals surface area contributed by atoms with E-state index in [0.717, 1.165) is 19.5 Å². The van der Waals surface area contributed by atoms with Crippen molar-refractivity contribution in [3.05, 3.63) is 15.6 Å². The van der Waals surface area contributed by atoms with Crippen LogP contribution < -0.4 is 0 Å². The van der Waals surface area contributed by atoms with Crippen LogP contribution in [0.5, 0.6) is 0 Å². The van der Waals surface area contributed by atoms with Crippen LogP contribution in [-0.2, 0) is 13.0 Å². The fraction of sp³-hybridized carbons (Fsp3) is 0.667. The van der Waals surface area contributed by atoms with Gasteiger partial charge >= 0.3 is 0 Å². The van der Waals surface area contributed by atoms with E-state index in [-0.39, 0.29) is 0 Å². The molecule has 1 aromatic heterocycles. The largest absolute Gasteiger partial charge is 0.247 e. The fourth-order valence-electron chi connectivity index (χ4n) is 1.45. The molecule has 0 aliphatic carbocycles. The first-order valence-electron chi connectivity index (χ1n) is 4.59. The highest BCUT2D eigenvalue weighted by atomic mass is 32.1. The lowest BCUT2D eigenvalue weighted by molar-refractivity contribution is 0.446. The molecule has 2 rings (SSSR count). The molecule has 0 bridgehead atoms. The van der Waals surface area contributed by atoms with Crippen molar-refractivity contribution in [3.63, 3.8) is 0 Å². The first kappa shape index (κ1) is 9.49. The van der Waals surface area contributed by atoms with Gasteiger partial charge in [0.2, 0.25) is 0 Å². The summed E-state index contributed by atoms with van der Waals surface area (Å²) in [7, 11) is 0. The van der Waals surface area contributed by atoms with Crippen molar-refractivity contribution in [2.24, 2.45) is 0 Å². The summed E-state index contributed by atoms with van der Waals surface area (Å²) in [6.45, 7) is 6.35. The Kier molecular flexibility index (Phi) is 2.62. The molecule has 0 saturated carbocycles. The van der Waals surface area contributed by atoms with E-state index in [9.17, 15) is 0 Å². The van der Waals surface area contributed by atoms with E-state index in [2.05, 4.69) is 31.6 Å². The van der Waals surface area contributed by atoms with Crippen LogP contribution in [0.4, 0.5) is 0 Å². The molecule has 0 fully saturated rings. The van der Waals surface area contributed by atoms with Gasteiger partial charge in [0.25, 0.3) is 0 Å². The minimum atomic E-state index is 0.559. The lowest BCUT2D eigenvalue weighted by atomic mass is 10.2. The summed E-state index contributed by atoms with van der Waals surface area (Å²) in [6.07, 6.45) is 1.11. The van der Waals surface area contributed by atoms with Crippen molar-refractivity contribution >= 4 is 24.2 Å². The molecular weight excluding hydrogens is 200 g/mol. The molecule has 4 heteroatoms. The monoisotopic (exact) mass is 214 g/mol. The van der Waals surface area contributed by atoms with Gasteiger partial charge in [-0.15, -0.1) is 11.3 Å². The van der Waals surface area contributed by atoms with Gasteiger partial charge in [-0.2, -0.15) is 0 Å². The Morgan fingerprint density at radius 3 is 3.00 bits per heavy atom. The number of thiol groups is 1. The van der Waals surface area contributed by atoms with Crippen LogP contribution in [0, 0.1) is 0 Å². The number of hydrogen-bond donors (Lipinski definition) is 1. The Labute approximate surface area is 88.5 Å². The van der Waals surface area contributed by atoms with Crippen LogP contribution in [0.1, 0.15) is 35.3 Å². The predicted octanol–water partition coefficient (Wildman–Crippen LogP) is 2.47. The Hall–Kier alpha value is -0.0600. The van der Waals surface area contributed by atoms with Crippen molar-refractivity contribution in [3.8, 4) is 0 Å². The van der Waals surface area contributed by atoms with E-state index in [1.54, 1.807) is 0 Å². The average Bonchev–Trinajstić information content (AvgIpc) is 2.46. The SMILES string of the molecule is CC(C)c1nc2c(s1)CCN(S)C2. The molecule has 0 aromatic carbocycles. The average molecular weight is 214 g/mol. The lowest BCUT2D eigenvalue weighted by Gasteiger charge is -2.19. The number of hydrogen-bond acceptors (Lipinski definition) is 4. The molecule has 0 spiro atoms. The second-order valence-electron chi connectivity index (χ2n) is 3.71. The third kappa shape index (κ3) is 1.90. The number of nitrogens with zero attached hydrogens (tertiary/aromatic N) is 2. The van der Waals surface area contributed by atoms with E-state index < -0.39 is 0 Å². The van der Waals surface area contributed by atoms with Gasteiger partial charge in [0, 0.05) is 17.3 Å². The van der Waals surface area contributed by atoms with Gasteiger partial charge in [0.15, 0.2) is 0 Å². The fourth-order valence-corrected chi connectivity index (χ4v) is 2.75. The topological polar surface area (TPSA) is 16.1 Å². The zero-order chi connectivity index (χ0) is 9.42. The highest BCUT2D eigenvalue weighted by Gasteiger charge is 2.19. The van der Waals surface area contributed by atoms with Gasteiger partial charge in [0.1, 0.15) is 0 Å². The number of thiazole rings is 1. The molecular formula is C9H14N2S2. The summed E-state index contributed by atoms with van der Waals surface area (Å²) in [5.74, 6) is 0.559. The summed E-state index contributed by atoms with van der Waals surface area (Å²) < 4.78 is 2.03. The molecule has 1 aliphatic rings. The number of rotatable bonds is 1. The van der Waals surface area contributed by atoms with Crippen molar-refractivity contribution in [2.45, 2.75) is 32.7 Å². The van der Waals surface area contributed by atoms with Crippen LogP contribution in [0.3, 0.4) is 0 Å². The summed E-state index contributed by atoms with van der Waals surface area (Å²) >= 11 is 6.22. The van der Waals surface area contributed by atoms with Crippen molar-refractivity contribution < 1.29 is 0 Å². The van der Waals surface area contributed by atoms with Gasteiger partial charge in [0.05, 0.1) is 17.2 Å². The van der Waals surface area contributed by atoms with Crippen molar-refractivity contribution in [1.82, 2.24) is 9.29 Å². The zero-order valence-electron chi connectivity index (χ0n) is 7.95. The number of fused-ring (bicyclic) bond motifs is 1. The lowest BCUT2D eigenvalue weighted by Crippen LogP contribution is -2.21. The maximum Gasteiger partial charge on any atom is 0.0957 e. The van der Waals surface area contributed by atoms with Gasteiger partial charge in [-0.05, 0) is 6.42 Å². The Balaban J connectivity index is 2.28. The molecule has 0 radical (unpaired) electrons. The minimum Gasteiger partial charge on any atom is -0.247 e. The minimum absolute atomic E-state index is 0.559. The zero-order valence-corrected chi connectivity index (χ0v) is 9.66. The molecule has 1 aliphatic heterocycles. The Morgan fingerprint density at radius 2 is 2.31 bits per heavy atom. The summed E-state index contributed by atoms with van der Waals surface area (Å²) in [5.41, 5.74) is 1.25. The maximum atomic E-state index is 4.63. The van der Waals surface area contributed by atoms with Crippen molar-refractivity contribution in [1.29, 1.82) is 0 Å². The molecule has 13 heavy (non-hydrogen) atoms. The van der Waals surface area contributed by atoms with E-state index in [1.165, 1.54) is 15.6 Å². The van der Waals surface area contributed by atoms with Crippen LogP contribution >= 0.6 is 24.2 Å². The number of aromatic nitrogens is 1. The summed E-state index contributed by atoms with van der Waals surface area (Å²) in [4.78, 5) is 6.10. The van der Waals surface area contributed by atoms with Gasteiger partial charge in [-0.3, -0.25) is 0 Å². The summed E-state index contributed by atoms with van der Waals surface area (Å²) in [5, 5.41) is 1.27. The second kappa shape index (κ2) is 3.59. The van der Waals surface area contributed by atoms with Gasteiger partial charge < -0.3 is 0 Å². The Morgan fingerprint density at radius 1 is 1.54 bits per heavy atom. The van der Waals surface area contributed by atoms with Crippen LogP contribution in [0.25, 0.3) is 0 Å². The molecule has 72 valence electrons. The molecule has 0 atom stereocenters. The second-order valence-corrected chi connectivity index (χ2v) is 5.40. The Bertz CT molecular complexity index is 307. The van der Waals surface area contributed by atoms with Crippen molar-refractivity contribution in [2.75, 3.05) is 6.54 Å². The highest BCUT2D eigenvalue weighted by Crippen LogP contribution is 2.29. The molecule has 2 nitrogen and oxygen atoms in total. The normalized spacial score (nSPS) is 17.8. The maximum absolute atomic E-state index is 4.63. The molecule has 2 heterocycles. The molecule has 0 amide bonds. The quantitative estimate of drug-likeness (QED) is 0.723. The standard InChI is InChI=1S/C9H14N2S2/c1-6(2)9-10-7-5-11(12)4-3-8(7)13-9/h6,12H,3-5H2,1-2H3. The molecule has 0 unspecified atom stereocenters. The van der Waals surface area contributed by atoms with E-state index in [0.29, 0.717) is 5.92 Å². The highest BCUT2D eigenvalue weighted by molar-refractivity contribution is 7.77. The summed E-state index contributed by atoms with van der Waals surface area (Å²) in [6, 6.07) is 0. The van der Waals surface area contributed by atoms with E-state index in [1.807, 2.05) is 15.6 Å². The molecule has 1 aromatic rings. The van der Waals surface area contributed by atoms with E-state index in [4.69, 9.17) is 0 Å². The molecule has 0 saturated heterocycles. The van der Waals surface area contributed by atoms with Gasteiger partial charge in [-0.25, -0.2) is 9.29 Å². The van der Waals surface area contributed by atoms with Crippen LogP contribution in [-0.4, -0.2) is 15.8 Å². The third-order valence-corrected chi connectivity index (χ3v) is 4.02. The predicted molar refractivity (Wildman–Crippen MR) is 59.3 cm³/mol.